The minimum atomic E-state index is -0.320. The van der Waals surface area contributed by atoms with Crippen molar-refractivity contribution < 1.29 is 9.59 Å². The molecule has 0 amide bonds. The molecule has 0 aliphatic heterocycles. The first-order valence-electron chi connectivity index (χ1n) is 5.51. The summed E-state index contributed by atoms with van der Waals surface area (Å²) < 4.78 is 0. The van der Waals surface area contributed by atoms with Gasteiger partial charge in [-0.05, 0) is 36.8 Å². The van der Waals surface area contributed by atoms with Crippen molar-refractivity contribution in [3.05, 3.63) is 12.2 Å². The van der Waals surface area contributed by atoms with Crippen LogP contribution in [-0.4, -0.2) is 11.0 Å². The third kappa shape index (κ3) is 3.78. The van der Waals surface area contributed by atoms with Crippen LogP contribution in [0.1, 0.15) is 39.0 Å². The number of hydrogen-bond donors (Lipinski definition) is 0. The SMILES string of the molecule is CC/C=C\CC1C(=O)CCC1CC(=O)Cl. The van der Waals surface area contributed by atoms with E-state index in [9.17, 15) is 9.59 Å². The van der Waals surface area contributed by atoms with Crippen LogP contribution in [0.25, 0.3) is 0 Å². The monoisotopic (exact) mass is 228 g/mol. The van der Waals surface area contributed by atoms with Gasteiger partial charge in [-0.1, -0.05) is 19.1 Å². The van der Waals surface area contributed by atoms with E-state index in [2.05, 4.69) is 13.0 Å². The van der Waals surface area contributed by atoms with Crippen LogP contribution >= 0.6 is 11.6 Å². The number of ketones is 1. The number of carbonyl (C=O) groups excluding carboxylic acids is 2. The summed E-state index contributed by atoms with van der Waals surface area (Å²) in [5, 5.41) is -0.320. The smallest absolute Gasteiger partial charge is 0.221 e. The molecular weight excluding hydrogens is 212 g/mol. The van der Waals surface area contributed by atoms with Crippen molar-refractivity contribution in [1.82, 2.24) is 0 Å². The highest BCUT2D eigenvalue weighted by molar-refractivity contribution is 6.63. The molecule has 2 nitrogen and oxygen atoms in total. The summed E-state index contributed by atoms with van der Waals surface area (Å²) in [4.78, 5) is 22.4. The fourth-order valence-electron chi connectivity index (χ4n) is 2.16. The molecule has 0 aromatic heterocycles. The van der Waals surface area contributed by atoms with E-state index in [1.165, 1.54) is 0 Å². The molecule has 1 fully saturated rings. The molecule has 1 rings (SSSR count). The van der Waals surface area contributed by atoms with E-state index in [1.807, 2.05) is 6.08 Å². The maximum absolute atomic E-state index is 11.6. The Kier molecular flexibility index (Phi) is 5.03. The predicted octanol–water partition coefficient (Wildman–Crippen LogP) is 3.09. The van der Waals surface area contributed by atoms with Crippen molar-refractivity contribution in [2.24, 2.45) is 11.8 Å². The Labute approximate surface area is 95.7 Å². The van der Waals surface area contributed by atoms with E-state index in [-0.39, 0.29) is 17.1 Å². The quantitative estimate of drug-likeness (QED) is 0.535. The first kappa shape index (κ1) is 12.4. The Bertz CT molecular complexity index is 271. The summed E-state index contributed by atoms with van der Waals surface area (Å²) in [6.45, 7) is 2.06. The Balaban J connectivity index is 2.52. The second-order valence-electron chi connectivity index (χ2n) is 4.05. The van der Waals surface area contributed by atoms with E-state index in [0.717, 1.165) is 19.3 Å². The van der Waals surface area contributed by atoms with E-state index < -0.39 is 0 Å². The lowest BCUT2D eigenvalue weighted by Crippen LogP contribution is -2.15. The zero-order chi connectivity index (χ0) is 11.3. The van der Waals surface area contributed by atoms with Gasteiger partial charge in [-0.25, -0.2) is 0 Å². The van der Waals surface area contributed by atoms with Crippen LogP contribution in [0.2, 0.25) is 0 Å². The van der Waals surface area contributed by atoms with E-state index in [0.29, 0.717) is 18.6 Å². The van der Waals surface area contributed by atoms with Crippen molar-refractivity contribution in [2.75, 3.05) is 0 Å². The Morgan fingerprint density at radius 1 is 1.53 bits per heavy atom. The first-order valence-corrected chi connectivity index (χ1v) is 5.89. The number of rotatable bonds is 5. The molecule has 1 aliphatic carbocycles. The second-order valence-corrected chi connectivity index (χ2v) is 4.47. The van der Waals surface area contributed by atoms with Crippen LogP contribution < -0.4 is 0 Å². The van der Waals surface area contributed by atoms with Gasteiger partial charge < -0.3 is 0 Å². The average molecular weight is 229 g/mol. The number of hydrogen-bond acceptors (Lipinski definition) is 2. The van der Waals surface area contributed by atoms with Gasteiger partial charge in [-0.15, -0.1) is 0 Å². The summed E-state index contributed by atoms with van der Waals surface area (Å²) in [6.07, 6.45) is 7.63. The van der Waals surface area contributed by atoms with Gasteiger partial charge in [-0.3, -0.25) is 9.59 Å². The lowest BCUT2D eigenvalue weighted by molar-refractivity contribution is -0.121. The molecule has 1 saturated carbocycles. The second kappa shape index (κ2) is 6.06. The van der Waals surface area contributed by atoms with Gasteiger partial charge in [0, 0.05) is 18.8 Å². The van der Waals surface area contributed by atoms with Gasteiger partial charge in [0.25, 0.3) is 0 Å². The molecule has 0 saturated heterocycles. The minimum absolute atomic E-state index is 0.0236. The summed E-state index contributed by atoms with van der Waals surface area (Å²) in [5.74, 6) is 0.484. The van der Waals surface area contributed by atoms with E-state index in [1.54, 1.807) is 0 Å². The highest BCUT2D eigenvalue weighted by atomic mass is 35.5. The molecule has 0 N–H and O–H groups in total. The Morgan fingerprint density at radius 2 is 2.27 bits per heavy atom. The molecule has 3 heteroatoms. The topological polar surface area (TPSA) is 34.1 Å². The molecule has 0 aromatic carbocycles. The van der Waals surface area contributed by atoms with Crippen LogP contribution in [0.3, 0.4) is 0 Å². The average Bonchev–Trinajstić information content (AvgIpc) is 2.49. The van der Waals surface area contributed by atoms with Gasteiger partial charge in [-0.2, -0.15) is 0 Å². The first-order chi connectivity index (χ1) is 7.15. The molecule has 0 radical (unpaired) electrons. The molecule has 0 bridgehead atoms. The van der Waals surface area contributed by atoms with Crippen molar-refractivity contribution in [3.63, 3.8) is 0 Å². The molecule has 1 aliphatic rings. The van der Waals surface area contributed by atoms with Crippen LogP contribution in [0.5, 0.6) is 0 Å². The summed E-state index contributed by atoms with van der Waals surface area (Å²) in [6, 6.07) is 0. The predicted molar refractivity (Wildman–Crippen MR) is 60.7 cm³/mol. The van der Waals surface area contributed by atoms with Crippen molar-refractivity contribution in [2.45, 2.75) is 39.0 Å². The van der Waals surface area contributed by atoms with Gasteiger partial charge in [0.1, 0.15) is 5.78 Å². The molecule has 0 aromatic rings. The summed E-state index contributed by atoms with van der Waals surface area (Å²) in [7, 11) is 0. The van der Waals surface area contributed by atoms with Crippen molar-refractivity contribution in [3.8, 4) is 0 Å². The van der Waals surface area contributed by atoms with Gasteiger partial charge in [0.15, 0.2) is 0 Å². The van der Waals surface area contributed by atoms with Gasteiger partial charge in [0.05, 0.1) is 0 Å². The van der Waals surface area contributed by atoms with Gasteiger partial charge >= 0.3 is 0 Å². The largest absolute Gasteiger partial charge is 0.299 e. The van der Waals surface area contributed by atoms with Gasteiger partial charge in [0.2, 0.25) is 5.24 Å². The number of Topliss-reactive ketones (excluding diaryl/α,β-unsaturated/α-hetero) is 1. The number of allylic oxidation sites excluding steroid dienone is 2. The Morgan fingerprint density at radius 3 is 2.87 bits per heavy atom. The lowest BCUT2D eigenvalue weighted by atomic mass is 9.90. The van der Waals surface area contributed by atoms with Crippen molar-refractivity contribution in [1.29, 1.82) is 0 Å². The van der Waals surface area contributed by atoms with E-state index in [4.69, 9.17) is 11.6 Å². The molecule has 2 atom stereocenters. The zero-order valence-corrected chi connectivity index (χ0v) is 9.80. The lowest BCUT2D eigenvalue weighted by Gasteiger charge is -2.14. The fourth-order valence-corrected chi connectivity index (χ4v) is 2.36. The fraction of sp³-hybridized carbons (Fsp3) is 0.667. The molecule has 2 unspecified atom stereocenters. The molecular formula is C12H17ClO2. The molecule has 0 spiro atoms. The van der Waals surface area contributed by atoms with Crippen LogP contribution in [0.15, 0.2) is 12.2 Å². The van der Waals surface area contributed by atoms with Crippen LogP contribution in [0, 0.1) is 11.8 Å². The third-order valence-electron chi connectivity index (χ3n) is 2.96. The van der Waals surface area contributed by atoms with Crippen LogP contribution in [-0.2, 0) is 9.59 Å². The number of carbonyl (C=O) groups is 2. The molecule has 15 heavy (non-hydrogen) atoms. The highest BCUT2D eigenvalue weighted by Gasteiger charge is 2.34. The van der Waals surface area contributed by atoms with Crippen molar-refractivity contribution >= 4 is 22.6 Å². The minimum Gasteiger partial charge on any atom is -0.299 e. The molecule has 0 heterocycles. The summed E-state index contributed by atoms with van der Waals surface area (Å²) >= 11 is 5.36. The van der Waals surface area contributed by atoms with Crippen LogP contribution in [0.4, 0.5) is 0 Å². The number of halogens is 1. The standard InChI is InChI=1S/C12H17ClO2/c1-2-3-4-5-10-9(8-12(13)15)6-7-11(10)14/h3-4,9-10H,2,5-8H2,1H3/b4-3-. The zero-order valence-electron chi connectivity index (χ0n) is 9.04. The highest BCUT2D eigenvalue weighted by Crippen LogP contribution is 2.34. The maximum Gasteiger partial charge on any atom is 0.221 e. The third-order valence-corrected chi connectivity index (χ3v) is 3.11. The normalized spacial score (nSPS) is 26.4. The maximum atomic E-state index is 11.6. The Hall–Kier alpha value is -0.630. The summed E-state index contributed by atoms with van der Waals surface area (Å²) in [5.41, 5.74) is 0. The van der Waals surface area contributed by atoms with E-state index >= 15 is 0 Å². The molecule has 84 valence electrons.